The van der Waals surface area contributed by atoms with E-state index >= 15 is 0 Å². The monoisotopic (exact) mass is 125 g/mol. The third-order valence-electron chi connectivity index (χ3n) is 1.49. The summed E-state index contributed by atoms with van der Waals surface area (Å²) in [5.41, 5.74) is -0.156. The van der Waals surface area contributed by atoms with Crippen LogP contribution in [-0.4, -0.2) is 21.8 Å². The second-order valence-corrected chi connectivity index (χ2v) is 2.35. The Morgan fingerprint density at radius 3 is 3.11 bits per heavy atom. The maximum Gasteiger partial charge on any atom is 0.158 e. The molecule has 0 aromatic carbocycles. The molecule has 0 spiro atoms. The van der Waals surface area contributed by atoms with Crippen molar-refractivity contribution in [3.8, 4) is 0 Å². The molecule has 0 radical (unpaired) electrons. The zero-order valence-electron chi connectivity index (χ0n) is 5.09. The van der Waals surface area contributed by atoms with Crippen LogP contribution in [-0.2, 0) is 10.3 Å². The van der Waals surface area contributed by atoms with Crippen LogP contribution in [0.15, 0.2) is 6.33 Å². The first-order valence-corrected chi connectivity index (χ1v) is 2.81. The summed E-state index contributed by atoms with van der Waals surface area (Å²) in [6, 6.07) is 0. The van der Waals surface area contributed by atoms with Crippen molar-refractivity contribution < 1.29 is 4.74 Å². The molecule has 1 aromatic heterocycles. The minimum Gasteiger partial charge on any atom is -0.361 e. The first-order chi connectivity index (χ1) is 4.31. The Kier molecular flexibility index (Phi) is 0.728. The van der Waals surface area contributed by atoms with E-state index in [1.54, 1.807) is 0 Å². The van der Waals surface area contributed by atoms with Crippen LogP contribution in [0.25, 0.3) is 0 Å². The Labute approximate surface area is 52.3 Å². The molecule has 1 unspecified atom stereocenters. The summed E-state index contributed by atoms with van der Waals surface area (Å²) >= 11 is 0. The number of hydrogen-bond donors (Lipinski definition) is 1. The van der Waals surface area contributed by atoms with Crippen LogP contribution in [0.5, 0.6) is 0 Å². The van der Waals surface area contributed by atoms with Crippen LogP contribution in [0.4, 0.5) is 0 Å². The van der Waals surface area contributed by atoms with Crippen molar-refractivity contribution >= 4 is 0 Å². The van der Waals surface area contributed by atoms with Crippen molar-refractivity contribution in [2.45, 2.75) is 12.5 Å². The molecule has 1 fully saturated rings. The van der Waals surface area contributed by atoms with Crippen LogP contribution in [0, 0.1) is 0 Å². The fraction of sp³-hybridized carbons (Fsp3) is 0.600. The normalized spacial score (nSPS) is 32.6. The number of epoxide rings is 1. The largest absolute Gasteiger partial charge is 0.361 e. The van der Waals surface area contributed by atoms with Gasteiger partial charge in [0.25, 0.3) is 0 Å². The summed E-state index contributed by atoms with van der Waals surface area (Å²) in [5, 5.41) is 6.47. The van der Waals surface area contributed by atoms with E-state index in [9.17, 15) is 0 Å². The highest BCUT2D eigenvalue weighted by atomic mass is 16.6. The van der Waals surface area contributed by atoms with Crippen molar-refractivity contribution in [2.24, 2.45) is 0 Å². The molecule has 4 nitrogen and oxygen atoms in total. The predicted molar refractivity (Wildman–Crippen MR) is 29.7 cm³/mol. The number of hydrogen-bond acceptors (Lipinski definition) is 3. The van der Waals surface area contributed by atoms with Crippen molar-refractivity contribution in [2.75, 3.05) is 6.61 Å². The van der Waals surface area contributed by atoms with Crippen molar-refractivity contribution in [3.05, 3.63) is 12.2 Å². The number of nitrogens with one attached hydrogen (secondary N) is 1. The molecule has 0 aliphatic carbocycles. The minimum atomic E-state index is -0.156. The second kappa shape index (κ2) is 1.33. The molecular formula is C5H7N3O. The molecule has 1 aliphatic heterocycles. The predicted octanol–water partition coefficient (Wildman–Crippen LogP) is 0.0501. The molecule has 0 amide bonds. The third kappa shape index (κ3) is 0.632. The van der Waals surface area contributed by atoms with Gasteiger partial charge < -0.3 is 4.74 Å². The van der Waals surface area contributed by atoms with E-state index in [1.165, 1.54) is 6.33 Å². The Hall–Kier alpha value is -0.900. The molecule has 2 heterocycles. The van der Waals surface area contributed by atoms with E-state index in [0.29, 0.717) is 0 Å². The maximum atomic E-state index is 5.11. The summed E-state index contributed by atoms with van der Waals surface area (Å²) in [7, 11) is 0. The van der Waals surface area contributed by atoms with Gasteiger partial charge in [-0.25, -0.2) is 4.98 Å². The van der Waals surface area contributed by atoms with Gasteiger partial charge in [0, 0.05) is 0 Å². The van der Waals surface area contributed by atoms with Crippen molar-refractivity contribution in [1.29, 1.82) is 0 Å². The average molecular weight is 125 g/mol. The molecule has 0 saturated carbocycles. The summed E-state index contributed by atoms with van der Waals surface area (Å²) in [5.74, 6) is 0.822. The van der Waals surface area contributed by atoms with Gasteiger partial charge in [0.1, 0.15) is 11.9 Å². The molecule has 4 heteroatoms. The first-order valence-electron chi connectivity index (χ1n) is 2.81. The van der Waals surface area contributed by atoms with Crippen LogP contribution in [0.1, 0.15) is 12.7 Å². The highest BCUT2D eigenvalue weighted by molar-refractivity contribution is 5.04. The number of aromatic nitrogens is 3. The van der Waals surface area contributed by atoms with E-state index < -0.39 is 0 Å². The van der Waals surface area contributed by atoms with Gasteiger partial charge in [0.15, 0.2) is 5.82 Å². The molecular weight excluding hydrogens is 118 g/mol. The van der Waals surface area contributed by atoms with Crippen molar-refractivity contribution in [3.63, 3.8) is 0 Å². The lowest BCUT2D eigenvalue weighted by Crippen LogP contribution is -2.04. The lowest BCUT2D eigenvalue weighted by atomic mass is 10.2. The summed E-state index contributed by atoms with van der Waals surface area (Å²) < 4.78 is 5.11. The first kappa shape index (κ1) is 4.93. The quantitative estimate of drug-likeness (QED) is 0.539. The molecule has 1 N–H and O–H groups in total. The van der Waals surface area contributed by atoms with Crippen LogP contribution in [0.2, 0.25) is 0 Å². The number of H-pyrrole nitrogens is 1. The van der Waals surface area contributed by atoms with E-state index in [2.05, 4.69) is 15.2 Å². The summed E-state index contributed by atoms with van der Waals surface area (Å²) in [4.78, 5) is 3.96. The number of ether oxygens (including phenoxy) is 1. The Balaban J connectivity index is 2.34. The topological polar surface area (TPSA) is 54.1 Å². The highest BCUT2D eigenvalue weighted by Gasteiger charge is 2.44. The molecule has 9 heavy (non-hydrogen) atoms. The molecule has 48 valence electrons. The van der Waals surface area contributed by atoms with Crippen LogP contribution in [0.3, 0.4) is 0 Å². The lowest BCUT2D eigenvalue weighted by molar-refractivity contribution is 0.318. The third-order valence-corrected chi connectivity index (χ3v) is 1.49. The Morgan fingerprint density at radius 1 is 1.89 bits per heavy atom. The van der Waals surface area contributed by atoms with E-state index in [-0.39, 0.29) is 5.60 Å². The number of nitrogens with zero attached hydrogens (tertiary/aromatic N) is 2. The van der Waals surface area contributed by atoms with Gasteiger partial charge >= 0.3 is 0 Å². The van der Waals surface area contributed by atoms with Crippen molar-refractivity contribution in [1.82, 2.24) is 15.2 Å². The smallest absolute Gasteiger partial charge is 0.158 e. The molecule has 1 aromatic rings. The fourth-order valence-corrected chi connectivity index (χ4v) is 0.705. The molecule has 1 atom stereocenters. The number of rotatable bonds is 1. The van der Waals surface area contributed by atoms with E-state index in [4.69, 9.17) is 4.74 Å². The summed E-state index contributed by atoms with van der Waals surface area (Å²) in [6.45, 7) is 2.73. The maximum absolute atomic E-state index is 5.11. The Bertz CT molecular complexity index is 202. The average Bonchev–Trinajstić information content (AvgIpc) is 2.46. The zero-order valence-corrected chi connectivity index (χ0v) is 5.09. The standard InChI is InChI=1S/C5H7N3O/c1-5(2-9-5)4-6-3-7-8-4/h3H,2H2,1H3,(H,6,7,8). The lowest BCUT2D eigenvalue weighted by Gasteiger charge is -1.94. The molecule has 1 saturated heterocycles. The highest BCUT2D eigenvalue weighted by Crippen LogP contribution is 2.34. The number of aromatic amines is 1. The molecule has 1 aliphatic rings. The van der Waals surface area contributed by atoms with Gasteiger partial charge in [-0.15, -0.1) is 0 Å². The summed E-state index contributed by atoms with van der Waals surface area (Å²) in [6.07, 6.45) is 1.49. The van der Waals surface area contributed by atoms with Crippen LogP contribution < -0.4 is 0 Å². The van der Waals surface area contributed by atoms with Gasteiger partial charge in [0.2, 0.25) is 0 Å². The zero-order chi connectivity index (χ0) is 6.32. The minimum absolute atomic E-state index is 0.156. The van der Waals surface area contributed by atoms with E-state index in [0.717, 1.165) is 12.4 Å². The van der Waals surface area contributed by atoms with Gasteiger partial charge in [0.05, 0.1) is 6.61 Å². The van der Waals surface area contributed by atoms with Gasteiger partial charge in [-0.3, -0.25) is 5.10 Å². The van der Waals surface area contributed by atoms with Gasteiger partial charge in [-0.05, 0) is 6.92 Å². The SMILES string of the molecule is CC1(c2ncn[nH]2)CO1. The van der Waals surface area contributed by atoms with E-state index in [1.807, 2.05) is 6.92 Å². The fourth-order valence-electron chi connectivity index (χ4n) is 0.705. The van der Waals surface area contributed by atoms with Crippen LogP contribution >= 0.6 is 0 Å². The molecule has 2 rings (SSSR count). The molecule has 0 bridgehead atoms. The second-order valence-electron chi connectivity index (χ2n) is 2.35. The van der Waals surface area contributed by atoms with Gasteiger partial charge in [-0.2, -0.15) is 5.10 Å². The Morgan fingerprint density at radius 2 is 2.67 bits per heavy atom. The van der Waals surface area contributed by atoms with Gasteiger partial charge in [-0.1, -0.05) is 0 Å².